The minimum atomic E-state index is 0.0317. The first-order chi connectivity index (χ1) is 14.1. The summed E-state index contributed by atoms with van der Waals surface area (Å²) in [5, 5.41) is 8.70. The van der Waals surface area contributed by atoms with E-state index in [1.54, 1.807) is 11.9 Å². The van der Waals surface area contributed by atoms with Gasteiger partial charge in [-0.3, -0.25) is 4.79 Å². The maximum atomic E-state index is 11.9. The predicted molar refractivity (Wildman–Crippen MR) is 120 cm³/mol. The molecule has 0 aromatic heterocycles. The molecule has 152 valence electrons. The van der Waals surface area contributed by atoms with E-state index in [0.29, 0.717) is 19.4 Å². The van der Waals surface area contributed by atoms with Gasteiger partial charge in [0.1, 0.15) is 5.78 Å². The number of rotatable bonds is 10. The Balaban J connectivity index is 1.51. The number of nitrogens with zero attached hydrogens (tertiary/aromatic N) is 1. The number of carbonyl (C=O) groups is 2. The van der Waals surface area contributed by atoms with Gasteiger partial charge in [-0.25, -0.2) is 0 Å². The number of carbonyl (C=O) groups excluding carboxylic acids is 2. The van der Waals surface area contributed by atoms with E-state index in [4.69, 9.17) is 0 Å². The number of Topliss-reactive ketones (excluding diaryl/α,β-unsaturated/α-hetero) is 1. The summed E-state index contributed by atoms with van der Waals surface area (Å²) in [5.74, 6) is 0.0926. The summed E-state index contributed by atoms with van der Waals surface area (Å²) < 4.78 is 0. The molecule has 0 saturated carbocycles. The first-order valence-corrected chi connectivity index (χ1v) is 10.4. The molecule has 0 radical (unpaired) electrons. The van der Waals surface area contributed by atoms with E-state index in [1.165, 1.54) is 34.0 Å². The third-order valence-electron chi connectivity index (χ3n) is 5.40. The second-order valence-corrected chi connectivity index (χ2v) is 7.67. The van der Waals surface area contributed by atoms with Gasteiger partial charge in [-0.15, -0.1) is 0 Å². The van der Waals surface area contributed by atoms with Crippen LogP contribution in [0.2, 0.25) is 0 Å². The Bertz CT molecular complexity index is 942. The van der Waals surface area contributed by atoms with Gasteiger partial charge < -0.3 is 15.0 Å². The van der Waals surface area contributed by atoms with Gasteiger partial charge in [-0.2, -0.15) is 0 Å². The normalized spacial score (nSPS) is 11.1. The highest BCUT2D eigenvalue weighted by Gasteiger charge is 2.09. The predicted octanol–water partition coefficient (Wildman–Crippen LogP) is 4.34. The Labute approximate surface area is 172 Å². The SMILES string of the molecule is CC(=O)CCC(=O)N(C)CCNCCCc1c2ccccc2cc2ccccc12. The number of likely N-dealkylation sites (N-methyl/N-ethyl adjacent to an activating group) is 1. The lowest BCUT2D eigenvalue weighted by Crippen LogP contribution is -2.34. The molecule has 4 heteroatoms. The van der Waals surface area contributed by atoms with Crippen LogP contribution in [-0.2, 0) is 16.0 Å². The van der Waals surface area contributed by atoms with E-state index >= 15 is 0 Å². The molecule has 1 amide bonds. The molecule has 0 unspecified atom stereocenters. The third-order valence-corrected chi connectivity index (χ3v) is 5.40. The van der Waals surface area contributed by atoms with Gasteiger partial charge >= 0.3 is 0 Å². The monoisotopic (exact) mass is 390 g/mol. The Hall–Kier alpha value is -2.72. The van der Waals surface area contributed by atoms with Gasteiger partial charge in [0.05, 0.1) is 0 Å². The van der Waals surface area contributed by atoms with Crippen LogP contribution in [0.1, 0.15) is 31.7 Å². The minimum Gasteiger partial charge on any atom is -0.344 e. The van der Waals surface area contributed by atoms with Crippen LogP contribution < -0.4 is 5.32 Å². The van der Waals surface area contributed by atoms with Crippen LogP contribution in [-0.4, -0.2) is 43.3 Å². The summed E-state index contributed by atoms with van der Waals surface area (Å²) in [7, 11) is 1.80. The van der Waals surface area contributed by atoms with E-state index in [9.17, 15) is 9.59 Å². The molecule has 1 N–H and O–H groups in total. The van der Waals surface area contributed by atoms with E-state index in [1.807, 2.05) is 0 Å². The van der Waals surface area contributed by atoms with Gasteiger partial charge in [-0.1, -0.05) is 48.5 Å². The van der Waals surface area contributed by atoms with Crippen molar-refractivity contribution in [1.82, 2.24) is 10.2 Å². The van der Waals surface area contributed by atoms with Crippen molar-refractivity contribution in [2.75, 3.05) is 26.7 Å². The van der Waals surface area contributed by atoms with Gasteiger partial charge in [0.2, 0.25) is 5.91 Å². The molecule has 0 aliphatic rings. The van der Waals surface area contributed by atoms with Gasteiger partial charge in [0, 0.05) is 33.0 Å². The zero-order valence-corrected chi connectivity index (χ0v) is 17.4. The molecule has 3 rings (SSSR count). The number of aryl methyl sites for hydroxylation is 1. The summed E-state index contributed by atoms with van der Waals surface area (Å²) in [6.07, 6.45) is 2.69. The fraction of sp³-hybridized carbons (Fsp3) is 0.360. The minimum absolute atomic E-state index is 0.0317. The van der Waals surface area contributed by atoms with Crippen LogP contribution >= 0.6 is 0 Å². The smallest absolute Gasteiger partial charge is 0.222 e. The van der Waals surface area contributed by atoms with E-state index < -0.39 is 0 Å². The standard InChI is InChI=1S/C25H30N2O2/c1-19(28)13-14-25(29)27(2)17-16-26-15-7-12-24-22-10-5-3-8-20(22)18-21-9-4-6-11-23(21)24/h3-6,8-11,18,26H,7,12-17H2,1-2H3. The highest BCUT2D eigenvalue weighted by atomic mass is 16.2. The number of hydrogen-bond acceptors (Lipinski definition) is 3. The summed E-state index contributed by atoms with van der Waals surface area (Å²) in [6.45, 7) is 3.85. The summed E-state index contributed by atoms with van der Waals surface area (Å²) in [4.78, 5) is 24.7. The Kier molecular flexibility index (Phi) is 7.36. The van der Waals surface area contributed by atoms with Gasteiger partial charge in [-0.05, 0) is 59.5 Å². The van der Waals surface area contributed by atoms with Crippen LogP contribution in [0.25, 0.3) is 21.5 Å². The first kappa shape index (κ1) is 21.0. The largest absolute Gasteiger partial charge is 0.344 e. The topological polar surface area (TPSA) is 49.4 Å². The maximum Gasteiger partial charge on any atom is 0.222 e. The highest BCUT2D eigenvalue weighted by molar-refractivity contribution is 6.02. The third kappa shape index (κ3) is 5.64. The van der Waals surface area contributed by atoms with Crippen molar-refractivity contribution in [3.8, 4) is 0 Å². The molecule has 29 heavy (non-hydrogen) atoms. The Morgan fingerprint density at radius 1 is 0.897 bits per heavy atom. The van der Waals surface area contributed by atoms with Crippen LogP contribution in [0.5, 0.6) is 0 Å². The molecule has 0 fully saturated rings. The molecule has 3 aromatic rings. The van der Waals surface area contributed by atoms with Crippen LogP contribution in [0, 0.1) is 0 Å². The van der Waals surface area contributed by atoms with Gasteiger partial charge in [0.15, 0.2) is 0 Å². The van der Waals surface area contributed by atoms with Crippen molar-refractivity contribution in [2.24, 2.45) is 0 Å². The zero-order valence-electron chi connectivity index (χ0n) is 17.4. The summed E-state index contributed by atoms with van der Waals surface area (Å²) >= 11 is 0. The number of ketones is 1. The fourth-order valence-corrected chi connectivity index (χ4v) is 3.74. The molecule has 4 nitrogen and oxygen atoms in total. The molecule has 0 bridgehead atoms. The summed E-state index contributed by atoms with van der Waals surface area (Å²) in [6, 6.07) is 19.5. The highest BCUT2D eigenvalue weighted by Crippen LogP contribution is 2.29. The molecule has 3 aromatic carbocycles. The second kappa shape index (κ2) is 10.2. The van der Waals surface area contributed by atoms with E-state index in [0.717, 1.165) is 25.9 Å². The van der Waals surface area contributed by atoms with E-state index in [2.05, 4.69) is 59.9 Å². The quantitative estimate of drug-likeness (QED) is 0.414. The van der Waals surface area contributed by atoms with Crippen molar-refractivity contribution in [1.29, 1.82) is 0 Å². The number of amides is 1. The van der Waals surface area contributed by atoms with Crippen LogP contribution in [0.15, 0.2) is 54.6 Å². The zero-order chi connectivity index (χ0) is 20.6. The van der Waals surface area contributed by atoms with Crippen molar-refractivity contribution in [2.45, 2.75) is 32.6 Å². The lowest BCUT2D eigenvalue weighted by Gasteiger charge is -2.17. The molecule has 0 spiro atoms. The second-order valence-electron chi connectivity index (χ2n) is 7.67. The fourth-order valence-electron chi connectivity index (χ4n) is 3.74. The Morgan fingerprint density at radius 2 is 1.52 bits per heavy atom. The van der Waals surface area contributed by atoms with Crippen molar-refractivity contribution >= 4 is 33.2 Å². The van der Waals surface area contributed by atoms with Gasteiger partial charge in [0.25, 0.3) is 0 Å². The molecule has 0 saturated heterocycles. The average molecular weight is 391 g/mol. The molecule has 0 aliphatic heterocycles. The van der Waals surface area contributed by atoms with E-state index in [-0.39, 0.29) is 11.7 Å². The maximum absolute atomic E-state index is 11.9. The Morgan fingerprint density at radius 3 is 2.14 bits per heavy atom. The lowest BCUT2D eigenvalue weighted by atomic mass is 9.94. The lowest BCUT2D eigenvalue weighted by molar-refractivity contribution is -0.131. The summed E-state index contributed by atoms with van der Waals surface area (Å²) in [5.41, 5.74) is 1.41. The number of fused-ring (bicyclic) bond motifs is 2. The van der Waals surface area contributed by atoms with Crippen LogP contribution in [0.4, 0.5) is 0 Å². The molecule has 0 atom stereocenters. The first-order valence-electron chi connectivity index (χ1n) is 10.4. The average Bonchev–Trinajstić information content (AvgIpc) is 2.73. The van der Waals surface area contributed by atoms with Crippen molar-refractivity contribution in [3.63, 3.8) is 0 Å². The van der Waals surface area contributed by atoms with Crippen LogP contribution in [0.3, 0.4) is 0 Å². The van der Waals surface area contributed by atoms with Crippen molar-refractivity contribution in [3.05, 3.63) is 60.2 Å². The molecule has 0 heterocycles. The van der Waals surface area contributed by atoms with Crippen molar-refractivity contribution < 1.29 is 9.59 Å². The number of benzene rings is 3. The number of hydrogen-bond donors (Lipinski definition) is 1. The molecular formula is C25H30N2O2. The number of nitrogens with one attached hydrogen (secondary N) is 1. The molecular weight excluding hydrogens is 360 g/mol. The molecule has 0 aliphatic carbocycles.